The first-order chi connectivity index (χ1) is 15.1. The Morgan fingerprint density at radius 2 is 1.78 bits per heavy atom. The number of aliphatic hydroxyl groups excluding tert-OH is 1. The molecule has 0 heterocycles. The van der Waals surface area contributed by atoms with E-state index in [9.17, 15) is 14.7 Å². The number of ether oxygens (including phenoxy) is 1. The van der Waals surface area contributed by atoms with Crippen LogP contribution in [0.3, 0.4) is 0 Å². The number of allylic oxidation sites excluding steroid dienone is 2. The Kier molecular flexibility index (Phi) is 6.55. The second-order valence-corrected chi connectivity index (χ2v) is 12.1. The predicted molar refractivity (Wildman–Crippen MR) is 126 cm³/mol. The summed E-state index contributed by atoms with van der Waals surface area (Å²) in [6.45, 7) is 8.94. The zero-order chi connectivity index (χ0) is 23.3. The molecule has 0 saturated heterocycles. The number of carbonyl (C=O) groups excluding carboxylic acids is 2. The van der Waals surface area contributed by atoms with Crippen molar-refractivity contribution in [2.75, 3.05) is 7.11 Å². The molecule has 4 heteroatoms. The van der Waals surface area contributed by atoms with Crippen LogP contribution in [-0.2, 0) is 14.3 Å². The zero-order valence-corrected chi connectivity index (χ0v) is 20.9. The molecule has 0 aromatic rings. The molecule has 0 spiro atoms. The molecule has 0 aliphatic heterocycles. The molecule has 3 fully saturated rings. The molecule has 8 atom stereocenters. The normalized spacial score (nSPS) is 42.0. The van der Waals surface area contributed by atoms with Crippen LogP contribution in [0, 0.1) is 46.3 Å². The van der Waals surface area contributed by atoms with Gasteiger partial charge in [-0.05, 0) is 98.7 Å². The largest absolute Gasteiger partial charge is 0.512 e. The highest BCUT2D eigenvalue weighted by Gasteiger charge is 2.62. The maximum Gasteiger partial charge on any atom is 0.305 e. The molecule has 180 valence electrons. The van der Waals surface area contributed by atoms with Crippen molar-refractivity contribution in [1.82, 2.24) is 0 Å². The summed E-state index contributed by atoms with van der Waals surface area (Å²) in [6, 6.07) is 0. The first kappa shape index (κ1) is 23.8. The standard InChI is InChI=1S/C28H44O4/c1-17(9-8-11-23(30)32-5)19-12-13-21-25-22(14-16-28(19,21)4)27(3)15-7-6-10-20(27)24(18(2)29)26(25)31/h17,19-22,25,31H,6-16H2,1-5H3/t17?,19-,20+,21+,22+,25+,27+,28-/m1/s1. The minimum Gasteiger partial charge on any atom is -0.512 e. The monoisotopic (exact) mass is 444 g/mol. The molecule has 32 heavy (non-hydrogen) atoms. The Bertz CT molecular complexity index is 784. The summed E-state index contributed by atoms with van der Waals surface area (Å²) in [4.78, 5) is 24.3. The van der Waals surface area contributed by atoms with E-state index in [1.54, 1.807) is 6.92 Å². The number of rotatable bonds is 6. The topological polar surface area (TPSA) is 63.6 Å². The van der Waals surface area contributed by atoms with Crippen LogP contribution in [0.5, 0.6) is 0 Å². The summed E-state index contributed by atoms with van der Waals surface area (Å²) in [5, 5.41) is 11.6. The molecule has 0 aromatic carbocycles. The summed E-state index contributed by atoms with van der Waals surface area (Å²) in [7, 11) is 1.46. The molecule has 0 amide bonds. The summed E-state index contributed by atoms with van der Waals surface area (Å²) in [5.74, 6) is 3.00. The lowest BCUT2D eigenvalue weighted by atomic mass is 9.44. The smallest absolute Gasteiger partial charge is 0.305 e. The number of hydrogen-bond acceptors (Lipinski definition) is 4. The number of ketones is 1. The lowest BCUT2D eigenvalue weighted by Gasteiger charge is -2.60. The van der Waals surface area contributed by atoms with Gasteiger partial charge < -0.3 is 9.84 Å². The van der Waals surface area contributed by atoms with E-state index >= 15 is 0 Å². The van der Waals surface area contributed by atoms with Crippen molar-refractivity contribution in [1.29, 1.82) is 0 Å². The Morgan fingerprint density at radius 3 is 2.47 bits per heavy atom. The number of carbonyl (C=O) groups is 2. The predicted octanol–water partition coefficient (Wildman–Crippen LogP) is 6.64. The van der Waals surface area contributed by atoms with Crippen LogP contribution in [0.1, 0.15) is 98.3 Å². The van der Waals surface area contributed by atoms with Gasteiger partial charge in [0.15, 0.2) is 5.78 Å². The molecule has 4 nitrogen and oxygen atoms in total. The summed E-state index contributed by atoms with van der Waals surface area (Å²) in [6.07, 6.45) is 11.9. The van der Waals surface area contributed by atoms with Crippen molar-refractivity contribution < 1.29 is 19.4 Å². The van der Waals surface area contributed by atoms with Crippen molar-refractivity contribution in [3.05, 3.63) is 11.3 Å². The van der Waals surface area contributed by atoms with Gasteiger partial charge in [0.2, 0.25) is 0 Å². The van der Waals surface area contributed by atoms with Crippen LogP contribution in [0.25, 0.3) is 0 Å². The Hall–Kier alpha value is -1.32. The van der Waals surface area contributed by atoms with Gasteiger partial charge in [0.05, 0.1) is 7.11 Å². The fraction of sp³-hybridized carbons (Fsp3) is 0.857. The number of aliphatic hydroxyl groups is 1. The molecular formula is C28H44O4. The number of Topliss-reactive ketones (excluding diaryl/α,β-unsaturated/α-hetero) is 1. The van der Waals surface area contributed by atoms with Gasteiger partial charge >= 0.3 is 5.97 Å². The number of fused-ring (bicyclic) bond motifs is 5. The van der Waals surface area contributed by atoms with E-state index in [2.05, 4.69) is 20.8 Å². The molecule has 4 rings (SSSR count). The van der Waals surface area contributed by atoms with Gasteiger partial charge in [-0.1, -0.05) is 33.6 Å². The Balaban J connectivity index is 1.61. The number of methoxy groups -OCH3 is 1. The van der Waals surface area contributed by atoms with Crippen LogP contribution in [-0.4, -0.2) is 24.0 Å². The van der Waals surface area contributed by atoms with E-state index in [4.69, 9.17) is 4.74 Å². The molecule has 1 N–H and O–H groups in total. The van der Waals surface area contributed by atoms with Crippen LogP contribution in [0.15, 0.2) is 11.3 Å². The van der Waals surface area contributed by atoms with Gasteiger partial charge in [0.25, 0.3) is 0 Å². The quantitative estimate of drug-likeness (QED) is 0.467. The molecule has 0 aromatic heterocycles. The fourth-order valence-electron chi connectivity index (χ4n) is 9.17. The van der Waals surface area contributed by atoms with E-state index in [1.807, 2.05) is 0 Å². The van der Waals surface area contributed by atoms with Crippen LogP contribution >= 0.6 is 0 Å². The van der Waals surface area contributed by atoms with E-state index in [1.165, 1.54) is 45.6 Å². The first-order valence-electron chi connectivity index (χ1n) is 13.2. The summed E-state index contributed by atoms with van der Waals surface area (Å²) in [5.41, 5.74) is 1.15. The highest BCUT2D eigenvalue weighted by molar-refractivity contribution is 5.94. The lowest BCUT2D eigenvalue weighted by molar-refractivity contribution is -0.140. The van der Waals surface area contributed by atoms with Gasteiger partial charge in [-0.15, -0.1) is 0 Å². The molecule has 1 unspecified atom stereocenters. The highest BCUT2D eigenvalue weighted by atomic mass is 16.5. The van der Waals surface area contributed by atoms with E-state index < -0.39 is 0 Å². The average Bonchev–Trinajstić information content (AvgIpc) is 3.10. The molecule has 0 radical (unpaired) electrons. The third-order valence-electron chi connectivity index (χ3n) is 10.7. The first-order valence-corrected chi connectivity index (χ1v) is 13.2. The third kappa shape index (κ3) is 3.64. The minimum atomic E-state index is -0.113. The van der Waals surface area contributed by atoms with Crippen LogP contribution in [0.2, 0.25) is 0 Å². The second kappa shape index (κ2) is 8.80. The number of esters is 1. The van der Waals surface area contributed by atoms with E-state index in [-0.39, 0.29) is 34.4 Å². The zero-order valence-electron chi connectivity index (χ0n) is 20.9. The van der Waals surface area contributed by atoms with E-state index in [0.29, 0.717) is 35.9 Å². The van der Waals surface area contributed by atoms with Crippen molar-refractivity contribution >= 4 is 11.8 Å². The minimum absolute atomic E-state index is 0.0945. The highest BCUT2D eigenvalue weighted by Crippen LogP contribution is 2.69. The third-order valence-corrected chi connectivity index (χ3v) is 10.7. The second-order valence-electron chi connectivity index (χ2n) is 12.1. The molecular weight excluding hydrogens is 400 g/mol. The SMILES string of the molecule is COC(=O)CCCC(C)[C@H]1CC[C@H]2[C@@H]3C(O)=C(C(C)=O)[C@@H]4CCCC[C@]4(C)[C@H]3CC[C@]12C. The maximum absolute atomic E-state index is 12.8. The van der Waals surface area contributed by atoms with Crippen LogP contribution < -0.4 is 0 Å². The molecule has 3 saturated carbocycles. The molecule has 4 aliphatic carbocycles. The fourth-order valence-corrected chi connectivity index (χ4v) is 9.17. The van der Waals surface area contributed by atoms with Crippen molar-refractivity contribution in [2.24, 2.45) is 46.3 Å². The van der Waals surface area contributed by atoms with Crippen molar-refractivity contribution in [3.63, 3.8) is 0 Å². The van der Waals surface area contributed by atoms with Gasteiger partial charge in [-0.25, -0.2) is 0 Å². The number of hydrogen-bond donors (Lipinski definition) is 1. The maximum atomic E-state index is 12.8. The Labute approximate surface area is 194 Å². The van der Waals surface area contributed by atoms with Gasteiger partial charge in [-0.3, -0.25) is 9.59 Å². The summed E-state index contributed by atoms with van der Waals surface area (Å²) >= 11 is 0. The van der Waals surface area contributed by atoms with Gasteiger partial charge in [-0.2, -0.15) is 0 Å². The average molecular weight is 445 g/mol. The van der Waals surface area contributed by atoms with Crippen molar-refractivity contribution in [3.8, 4) is 0 Å². The molecule has 4 aliphatic rings. The lowest BCUT2D eigenvalue weighted by Crippen LogP contribution is -2.54. The van der Waals surface area contributed by atoms with Crippen molar-refractivity contribution in [2.45, 2.75) is 98.3 Å². The Morgan fingerprint density at radius 1 is 1.06 bits per heavy atom. The van der Waals surface area contributed by atoms with Crippen LogP contribution in [0.4, 0.5) is 0 Å². The van der Waals surface area contributed by atoms with Gasteiger partial charge in [0, 0.05) is 17.9 Å². The van der Waals surface area contributed by atoms with Gasteiger partial charge in [0.1, 0.15) is 5.76 Å². The molecule has 0 bridgehead atoms. The van der Waals surface area contributed by atoms with E-state index in [0.717, 1.165) is 31.3 Å². The summed E-state index contributed by atoms with van der Waals surface area (Å²) < 4.78 is 4.82.